The molecule has 0 radical (unpaired) electrons. The van der Waals surface area contributed by atoms with E-state index in [1.54, 1.807) is 35.2 Å². The number of nitrogens with one attached hydrogen (secondary N) is 1. The highest BCUT2D eigenvalue weighted by molar-refractivity contribution is 6.24. The molecule has 9 nitrogen and oxygen atoms in total. The third-order valence-electron chi connectivity index (χ3n) is 6.96. The highest BCUT2D eigenvalue weighted by Crippen LogP contribution is 2.32. The van der Waals surface area contributed by atoms with Crippen molar-refractivity contribution in [3.8, 4) is 5.75 Å². The second-order valence-electron chi connectivity index (χ2n) is 9.10. The predicted molar refractivity (Wildman–Crippen MR) is 124 cm³/mol. The Labute approximate surface area is 202 Å². The molecule has 0 spiro atoms. The van der Waals surface area contributed by atoms with Gasteiger partial charge in [0.25, 0.3) is 17.7 Å². The largest absolute Gasteiger partial charge is 0.496 e. The first-order chi connectivity index (χ1) is 16.9. The molecule has 3 heterocycles. The summed E-state index contributed by atoms with van der Waals surface area (Å²) in [6.07, 6.45) is 1.55. The quantitative estimate of drug-likeness (QED) is 0.638. The molecule has 1 unspecified atom stereocenters. The molecule has 0 saturated carbocycles. The maximum absolute atomic E-state index is 13.2. The molecule has 35 heavy (non-hydrogen) atoms. The Morgan fingerprint density at radius 2 is 1.80 bits per heavy atom. The van der Waals surface area contributed by atoms with Gasteiger partial charge in [0.1, 0.15) is 11.8 Å². The van der Waals surface area contributed by atoms with Crippen LogP contribution >= 0.6 is 0 Å². The normalized spacial score (nSPS) is 20.0. The zero-order valence-electron chi connectivity index (χ0n) is 19.3. The van der Waals surface area contributed by atoms with Crippen LogP contribution in [0, 0.1) is 5.92 Å². The van der Waals surface area contributed by atoms with Crippen LogP contribution in [0.2, 0.25) is 0 Å². The van der Waals surface area contributed by atoms with Gasteiger partial charge >= 0.3 is 0 Å². The number of fused-ring (bicyclic) bond motifs is 1. The molecule has 2 aromatic rings. The zero-order chi connectivity index (χ0) is 24.7. The minimum absolute atomic E-state index is 0.0695. The molecule has 180 valence electrons. The number of nitrogens with zero attached hydrogens (tertiary/aromatic N) is 2. The lowest BCUT2D eigenvalue weighted by atomic mass is 9.90. The summed E-state index contributed by atoms with van der Waals surface area (Å²) >= 11 is 0. The van der Waals surface area contributed by atoms with Crippen molar-refractivity contribution < 1.29 is 28.7 Å². The van der Waals surface area contributed by atoms with Crippen molar-refractivity contribution in [3.63, 3.8) is 0 Å². The van der Waals surface area contributed by atoms with E-state index in [9.17, 15) is 24.0 Å². The van der Waals surface area contributed by atoms with Crippen LogP contribution in [0.25, 0.3) is 0 Å². The van der Waals surface area contributed by atoms with Crippen molar-refractivity contribution in [3.05, 3.63) is 64.7 Å². The zero-order valence-corrected chi connectivity index (χ0v) is 19.3. The second kappa shape index (κ2) is 8.98. The molecule has 3 aliphatic heterocycles. The first-order valence-electron chi connectivity index (χ1n) is 11.6. The first-order valence-corrected chi connectivity index (χ1v) is 11.6. The number of imide groups is 2. The average molecular weight is 476 g/mol. The van der Waals surface area contributed by atoms with Crippen molar-refractivity contribution in [1.29, 1.82) is 0 Å². The van der Waals surface area contributed by atoms with E-state index >= 15 is 0 Å². The second-order valence-corrected chi connectivity index (χ2v) is 9.10. The van der Waals surface area contributed by atoms with Crippen LogP contribution in [-0.2, 0) is 16.0 Å². The smallest absolute Gasteiger partial charge is 0.262 e. The van der Waals surface area contributed by atoms with Crippen LogP contribution in [0.4, 0.5) is 0 Å². The minimum Gasteiger partial charge on any atom is -0.496 e. The van der Waals surface area contributed by atoms with Crippen LogP contribution in [-0.4, -0.2) is 65.6 Å². The van der Waals surface area contributed by atoms with Gasteiger partial charge in [-0.3, -0.25) is 34.2 Å². The van der Waals surface area contributed by atoms with E-state index in [1.807, 2.05) is 12.1 Å². The average Bonchev–Trinajstić information content (AvgIpc) is 3.08. The molecule has 2 aromatic carbocycles. The van der Waals surface area contributed by atoms with Crippen LogP contribution in [0.1, 0.15) is 55.9 Å². The van der Waals surface area contributed by atoms with Gasteiger partial charge < -0.3 is 9.64 Å². The van der Waals surface area contributed by atoms with Gasteiger partial charge in [-0.15, -0.1) is 0 Å². The number of benzene rings is 2. The SMILES string of the molecule is COc1ccccc1C(=O)N1CC(CCc2cccc3c2C(=O)N(C2CCC(=O)NC2=O)C3=O)C1. The summed E-state index contributed by atoms with van der Waals surface area (Å²) < 4.78 is 5.29. The van der Waals surface area contributed by atoms with E-state index in [2.05, 4.69) is 5.32 Å². The molecule has 1 atom stereocenters. The van der Waals surface area contributed by atoms with Crippen LogP contribution < -0.4 is 10.1 Å². The Morgan fingerprint density at radius 3 is 2.54 bits per heavy atom. The van der Waals surface area contributed by atoms with Crippen LogP contribution in [0.5, 0.6) is 5.75 Å². The fourth-order valence-electron chi connectivity index (χ4n) is 5.06. The molecule has 3 aliphatic rings. The van der Waals surface area contributed by atoms with Gasteiger partial charge in [0.15, 0.2) is 0 Å². The van der Waals surface area contributed by atoms with Gasteiger partial charge in [0.2, 0.25) is 11.8 Å². The lowest BCUT2D eigenvalue weighted by Crippen LogP contribution is -2.54. The van der Waals surface area contributed by atoms with Crippen molar-refractivity contribution in [2.45, 2.75) is 31.7 Å². The van der Waals surface area contributed by atoms with E-state index in [0.29, 0.717) is 42.0 Å². The topological polar surface area (TPSA) is 113 Å². The van der Waals surface area contributed by atoms with Crippen molar-refractivity contribution >= 4 is 29.5 Å². The lowest BCUT2D eigenvalue weighted by Gasteiger charge is -2.39. The number of carbonyl (C=O) groups excluding carboxylic acids is 5. The molecule has 5 rings (SSSR count). The van der Waals surface area contributed by atoms with Gasteiger partial charge in [-0.1, -0.05) is 24.3 Å². The van der Waals surface area contributed by atoms with Crippen molar-refractivity contribution in [1.82, 2.24) is 15.1 Å². The van der Waals surface area contributed by atoms with Gasteiger partial charge in [-0.05, 0) is 48.9 Å². The summed E-state index contributed by atoms with van der Waals surface area (Å²) in [7, 11) is 1.54. The van der Waals surface area contributed by atoms with E-state index in [0.717, 1.165) is 16.9 Å². The molecule has 2 saturated heterocycles. The Hall–Kier alpha value is -4.01. The molecule has 9 heteroatoms. The summed E-state index contributed by atoms with van der Waals surface area (Å²) in [5.41, 5.74) is 1.92. The molecule has 2 fully saturated rings. The lowest BCUT2D eigenvalue weighted by molar-refractivity contribution is -0.136. The third kappa shape index (κ3) is 3.96. The summed E-state index contributed by atoms with van der Waals surface area (Å²) in [5, 5.41) is 2.21. The van der Waals surface area contributed by atoms with Gasteiger partial charge in [0, 0.05) is 19.5 Å². The number of aryl methyl sites for hydroxylation is 1. The molecule has 5 amide bonds. The van der Waals surface area contributed by atoms with Crippen molar-refractivity contribution in [2.75, 3.05) is 20.2 Å². The van der Waals surface area contributed by atoms with Gasteiger partial charge in [-0.25, -0.2) is 0 Å². The number of piperidine rings is 1. The van der Waals surface area contributed by atoms with E-state index in [-0.39, 0.29) is 24.7 Å². The number of para-hydroxylation sites is 1. The Bertz CT molecular complexity index is 1250. The Balaban J connectivity index is 1.24. The number of hydrogen-bond acceptors (Lipinski definition) is 6. The maximum Gasteiger partial charge on any atom is 0.262 e. The first kappa shape index (κ1) is 22.8. The maximum atomic E-state index is 13.2. The molecule has 0 aromatic heterocycles. The monoisotopic (exact) mass is 475 g/mol. The summed E-state index contributed by atoms with van der Waals surface area (Å²) in [4.78, 5) is 65.5. The van der Waals surface area contributed by atoms with E-state index in [4.69, 9.17) is 4.74 Å². The highest BCUT2D eigenvalue weighted by atomic mass is 16.5. The Morgan fingerprint density at radius 1 is 1.03 bits per heavy atom. The predicted octanol–water partition coefficient (Wildman–Crippen LogP) is 1.80. The van der Waals surface area contributed by atoms with Crippen LogP contribution in [0.15, 0.2) is 42.5 Å². The van der Waals surface area contributed by atoms with Gasteiger partial charge in [0.05, 0.1) is 23.8 Å². The fraction of sp³-hybridized carbons (Fsp3) is 0.346. The molecule has 1 N–H and O–H groups in total. The minimum atomic E-state index is -0.978. The number of methoxy groups -OCH3 is 1. The summed E-state index contributed by atoms with van der Waals surface area (Å²) in [5.74, 6) is -1.25. The summed E-state index contributed by atoms with van der Waals surface area (Å²) in [6.45, 7) is 1.22. The number of carbonyl (C=O) groups is 5. The van der Waals surface area contributed by atoms with E-state index < -0.39 is 29.7 Å². The number of hydrogen-bond donors (Lipinski definition) is 1. The number of ether oxygens (including phenoxy) is 1. The van der Waals surface area contributed by atoms with Gasteiger partial charge in [-0.2, -0.15) is 0 Å². The third-order valence-corrected chi connectivity index (χ3v) is 6.96. The standard InChI is InChI=1S/C26H25N3O6/c1-35-20-8-3-2-6-17(20)24(32)28-13-15(14-28)9-10-16-5-4-7-18-22(16)26(34)29(25(18)33)19-11-12-21(30)27-23(19)31/h2-8,15,19H,9-14H2,1H3,(H,27,30,31). The number of amides is 5. The fourth-order valence-corrected chi connectivity index (χ4v) is 5.06. The van der Waals surface area contributed by atoms with Crippen molar-refractivity contribution in [2.24, 2.45) is 5.92 Å². The molecule has 0 bridgehead atoms. The highest BCUT2D eigenvalue weighted by Gasteiger charge is 2.45. The molecular weight excluding hydrogens is 450 g/mol. The Kier molecular flexibility index (Phi) is 5.84. The molecular formula is C26H25N3O6. The van der Waals surface area contributed by atoms with Crippen LogP contribution in [0.3, 0.4) is 0 Å². The summed E-state index contributed by atoms with van der Waals surface area (Å²) in [6, 6.07) is 11.3. The number of rotatable bonds is 6. The van der Waals surface area contributed by atoms with E-state index in [1.165, 1.54) is 7.11 Å². The molecule has 0 aliphatic carbocycles. The number of likely N-dealkylation sites (tertiary alicyclic amines) is 1.